The molecule has 4 rings (SSSR count). The van der Waals surface area contributed by atoms with Gasteiger partial charge in [0.2, 0.25) is 0 Å². The molecule has 0 amide bonds. The number of hydrogen-bond acceptors (Lipinski definition) is 6. The Hall–Kier alpha value is -3.22. The Morgan fingerprint density at radius 2 is 0.463 bits per heavy atom. The van der Waals surface area contributed by atoms with Gasteiger partial charge in [0.25, 0.3) is 0 Å². The molecule has 0 spiro atoms. The van der Waals surface area contributed by atoms with E-state index in [4.69, 9.17) is 0 Å². The first-order valence-electron chi connectivity index (χ1n) is 32.8. The molecular weight excluding hydrogens is 1040 g/mol. The van der Waals surface area contributed by atoms with Gasteiger partial charge in [-0.3, -0.25) is 0 Å². The van der Waals surface area contributed by atoms with Crippen molar-refractivity contribution >= 4 is 23.5 Å². The van der Waals surface area contributed by atoms with E-state index in [9.17, 15) is 20.4 Å². The lowest BCUT2D eigenvalue weighted by Gasteiger charge is -2.37. The van der Waals surface area contributed by atoms with Gasteiger partial charge in [0.1, 0.15) is 23.0 Å². The summed E-state index contributed by atoms with van der Waals surface area (Å²) >= 11 is 4.17. The fraction of sp³-hybridized carbons (Fsp3) is 0.684. The minimum atomic E-state index is -0.236. The number of benzene rings is 4. The van der Waals surface area contributed by atoms with E-state index in [1.165, 1.54) is 162 Å². The molecule has 0 aliphatic rings. The number of thioether (sulfide) groups is 2. The first-order chi connectivity index (χ1) is 38.2. The van der Waals surface area contributed by atoms with Crippen LogP contribution in [0.1, 0.15) is 319 Å². The highest BCUT2D eigenvalue weighted by Crippen LogP contribution is 2.48. The molecule has 464 valence electrons. The van der Waals surface area contributed by atoms with Crippen molar-refractivity contribution < 1.29 is 20.4 Å². The number of hydrogen-bond donors (Lipinski definition) is 4. The van der Waals surface area contributed by atoms with Crippen LogP contribution in [0.5, 0.6) is 23.0 Å². The average Bonchev–Trinajstić information content (AvgIpc) is 3.35. The number of phenolic OH excluding ortho intramolecular Hbond substituents is 4. The fourth-order valence-corrected chi connectivity index (χ4v) is 14.9. The zero-order valence-electron chi connectivity index (χ0n) is 56.6. The van der Waals surface area contributed by atoms with Crippen molar-refractivity contribution in [2.24, 2.45) is 0 Å². The Morgan fingerprint density at radius 1 is 0.268 bits per heavy atom. The average molecular weight is 1170 g/mol. The third kappa shape index (κ3) is 22.2. The molecule has 0 atom stereocenters. The Balaban J connectivity index is 0.000000430. The molecule has 4 aromatic carbocycles. The fourth-order valence-electron chi connectivity index (χ4n) is 12.5. The molecule has 0 bridgehead atoms. The van der Waals surface area contributed by atoms with Crippen LogP contribution in [0.2, 0.25) is 0 Å². The molecule has 0 heterocycles. The topological polar surface area (TPSA) is 80.9 Å². The van der Waals surface area contributed by atoms with Crippen molar-refractivity contribution in [1.82, 2.24) is 0 Å². The Bertz CT molecular complexity index is 2210. The van der Waals surface area contributed by atoms with Gasteiger partial charge in [-0.15, -0.1) is 0 Å². The molecule has 82 heavy (non-hydrogen) atoms. The third-order valence-corrected chi connectivity index (χ3v) is 19.9. The van der Waals surface area contributed by atoms with E-state index >= 15 is 0 Å². The van der Waals surface area contributed by atoms with Crippen LogP contribution in [-0.4, -0.2) is 43.4 Å². The van der Waals surface area contributed by atoms with Gasteiger partial charge in [0.15, 0.2) is 0 Å². The number of unbranched alkanes of at least 4 members (excludes halogenated alkanes) is 18. The van der Waals surface area contributed by atoms with E-state index in [-0.39, 0.29) is 32.5 Å². The van der Waals surface area contributed by atoms with Gasteiger partial charge in [-0.25, -0.2) is 0 Å². The first-order valence-corrected chi connectivity index (χ1v) is 35.1. The molecule has 4 N–H and O–H groups in total. The second-order valence-corrected chi connectivity index (χ2v) is 31.9. The maximum atomic E-state index is 10.9. The van der Waals surface area contributed by atoms with Crippen molar-refractivity contribution in [3.63, 3.8) is 0 Å². The summed E-state index contributed by atoms with van der Waals surface area (Å²) in [7, 11) is 0. The van der Waals surface area contributed by atoms with Crippen LogP contribution in [0.3, 0.4) is 0 Å². The van der Waals surface area contributed by atoms with E-state index in [1.54, 1.807) is 0 Å². The molecule has 0 fully saturated rings. The second kappa shape index (κ2) is 33.6. The van der Waals surface area contributed by atoms with Gasteiger partial charge in [0.05, 0.1) is 0 Å². The van der Waals surface area contributed by atoms with Crippen LogP contribution < -0.4 is 0 Å². The van der Waals surface area contributed by atoms with Gasteiger partial charge < -0.3 is 20.4 Å². The third-order valence-electron chi connectivity index (χ3n) is 17.8. The predicted octanol–water partition coefficient (Wildman–Crippen LogP) is 23.3. The van der Waals surface area contributed by atoms with Crippen molar-refractivity contribution in [3.8, 4) is 23.0 Å². The molecule has 0 aliphatic heterocycles. The van der Waals surface area contributed by atoms with E-state index in [0.29, 0.717) is 23.0 Å². The van der Waals surface area contributed by atoms with Crippen molar-refractivity contribution in [2.75, 3.05) is 23.0 Å². The Labute approximate surface area is 514 Å². The SMILES string of the molecule is CCCCCCCCCCCCSCCC(C)(c1cc(C(C)(C)C)c(O)cc1C)c1cc(C(C)(C)C)c(O)cc1C.CCCCCCCCCCCCSCCC(C)(c1cc(C(C)(C)C)c(O)cc1C)c1cc(C(C)(C)C)c(O)cc1C. The summed E-state index contributed by atoms with van der Waals surface area (Å²) in [4.78, 5) is 0. The lowest BCUT2D eigenvalue weighted by Crippen LogP contribution is -2.29. The number of aromatic hydroxyl groups is 4. The zero-order valence-corrected chi connectivity index (χ0v) is 58.2. The van der Waals surface area contributed by atoms with Gasteiger partial charge in [0, 0.05) is 10.8 Å². The summed E-state index contributed by atoms with van der Waals surface area (Å²) in [5, 5.41) is 43.6. The van der Waals surface area contributed by atoms with Crippen LogP contribution in [-0.2, 0) is 32.5 Å². The minimum absolute atomic E-state index is 0.154. The standard InChI is InChI=1S/2C38H62O2S/c2*1-11-12-13-14-15-16-17-18-19-20-22-41-23-21-38(10,30-26-32(36(4,5)6)34(39)24-28(30)2)31-27-33(37(7,8)9)35(40)25-29(31)3/h2*24-27,39-40H,11-23H2,1-10H3. The molecule has 6 heteroatoms. The Morgan fingerprint density at radius 3 is 0.659 bits per heavy atom. The van der Waals surface area contributed by atoms with Gasteiger partial charge in [-0.1, -0.05) is 251 Å². The number of rotatable bonds is 32. The van der Waals surface area contributed by atoms with E-state index < -0.39 is 0 Å². The normalized spacial score (nSPS) is 12.7. The van der Waals surface area contributed by atoms with E-state index in [1.807, 2.05) is 24.3 Å². The van der Waals surface area contributed by atoms with Gasteiger partial charge in [-0.05, 0) is 189 Å². The molecule has 4 aromatic rings. The molecule has 0 unspecified atom stereocenters. The molecule has 4 nitrogen and oxygen atoms in total. The van der Waals surface area contributed by atoms with E-state index in [0.717, 1.165) is 68.9 Å². The summed E-state index contributed by atoms with van der Waals surface area (Å²) in [5.74, 6) is 6.15. The predicted molar refractivity (Wildman–Crippen MR) is 367 cm³/mol. The van der Waals surface area contributed by atoms with Crippen molar-refractivity contribution in [1.29, 1.82) is 0 Å². The lowest BCUT2D eigenvalue weighted by molar-refractivity contribution is 0.439. The smallest absolute Gasteiger partial charge is 0.119 e. The largest absolute Gasteiger partial charge is 0.508 e. The highest BCUT2D eigenvalue weighted by atomic mass is 32.2. The summed E-state index contributed by atoms with van der Waals surface area (Å²) in [6, 6.07) is 16.9. The molecule has 0 saturated carbocycles. The lowest BCUT2D eigenvalue weighted by atomic mass is 9.68. The quantitative estimate of drug-likeness (QED) is 0.0365. The highest BCUT2D eigenvalue weighted by molar-refractivity contribution is 7.99. The van der Waals surface area contributed by atoms with Crippen LogP contribution in [0.25, 0.3) is 0 Å². The zero-order chi connectivity index (χ0) is 61.7. The molecular formula is C76H124O4S2. The molecule has 0 radical (unpaired) electrons. The summed E-state index contributed by atoms with van der Waals surface area (Å²) < 4.78 is 0. The minimum Gasteiger partial charge on any atom is -0.508 e. The molecule has 0 aliphatic carbocycles. The van der Waals surface area contributed by atoms with Crippen molar-refractivity contribution in [3.05, 3.63) is 115 Å². The molecule has 0 saturated heterocycles. The summed E-state index contributed by atoms with van der Waals surface area (Å²) in [5.41, 5.74) is 12.5. The Kier molecular flexibility index (Phi) is 29.9. The van der Waals surface area contributed by atoms with Crippen LogP contribution in [0.4, 0.5) is 0 Å². The van der Waals surface area contributed by atoms with Crippen LogP contribution in [0.15, 0.2) is 48.5 Å². The first kappa shape index (κ1) is 73.0. The van der Waals surface area contributed by atoms with E-state index in [2.05, 4.69) is 186 Å². The number of aryl methyl sites for hydroxylation is 4. The second-order valence-electron chi connectivity index (χ2n) is 29.5. The molecule has 0 aromatic heterocycles. The maximum absolute atomic E-state index is 10.9. The highest BCUT2D eigenvalue weighted by Gasteiger charge is 2.37. The van der Waals surface area contributed by atoms with Crippen LogP contribution >= 0.6 is 23.5 Å². The van der Waals surface area contributed by atoms with Gasteiger partial charge >= 0.3 is 0 Å². The van der Waals surface area contributed by atoms with Crippen LogP contribution in [0, 0.1) is 27.7 Å². The summed E-state index contributed by atoms with van der Waals surface area (Å²) in [6.45, 7) is 43.9. The maximum Gasteiger partial charge on any atom is 0.119 e. The number of phenols is 4. The summed E-state index contributed by atoms with van der Waals surface area (Å²) in [6.07, 6.45) is 29.6. The van der Waals surface area contributed by atoms with Crippen molar-refractivity contribution in [2.45, 2.75) is 312 Å². The monoisotopic (exact) mass is 1160 g/mol. The van der Waals surface area contributed by atoms with Gasteiger partial charge in [-0.2, -0.15) is 23.5 Å².